The first-order valence-corrected chi connectivity index (χ1v) is 10.1. The molecule has 0 saturated carbocycles. The highest BCUT2D eigenvalue weighted by atomic mass is 32.2. The van der Waals surface area contributed by atoms with E-state index in [0.29, 0.717) is 31.9 Å². The van der Waals surface area contributed by atoms with Crippen molar-refractivity contribution >= 4 is 15.9 Å². The third-order valence-corrected chi connectivity index (χ3v) is 6.12. The lowest BCUT2D eigenvalue weighted by Crippen LogP contribution is -2.43. The van der Waals surface area contributed by atoms with Crippen LogP contribution in [0.25, 0.3) is 0 Å². The Hall–Kier alpha value is -1.48. The van der Waals surface area contributed by atoms with Crippen molar-refractivity contribution in [2.45, 2.75) is 32.2 Å². The normalized spacial score (nSPS) is 17.4. The molecule has 1 atom stereocenters. The fourth-order valence-electron chi connectivity index (χ4n) is 2.59. The quantitative estimate of drug-likeness (QED) is 0.726. The van der Waals surface area contributed by atoms with Crippen LogP contribution in [0.5, 0.6) is 0 Å². The summed E-state index contributed by atoms with van der Waals surface area (Å²) >= 11 is 0. The molecular formula is C17H27N3O4S. The minimum absolute atomic E-state index is 0.0388. The van der Waals surface area contributed by atoms with E-state index in [-0.39, 0.29) is 24.1 Å². The largest absolute Gasteiger partial charge is 0.379 e. The van der Waals surface area contributed by atoms with Gasteiger partial charge in [0.05, 0.1) is 25.0 Å². The van der Waals surface area contributed by atoms with Gasteiger partial charge in [-0.3, -0.25) is 4.79 Å². The van der Waals surface area contributed by atoms with Crippen molar-refractivity contribution in [3.05, 3.63) is 35.4 Å². The Morgan fingerprint density at radius 3 is 2.44 bits per heavy atom. The fourth-order valence-corrected chi connectivity index (χ4v) is 4.15. The molecule has 2 rings (SSSR count). The Bertz CT molecular complexity index is 685. The molecular weight excluding hydrogens is 342 g/mol. The lowest BCUT2D eigenvalue weighted by atomic mass is 10.0. The first kappa shape index (κ1) is 19.8. The number of nitrogens with one attached hydrogen (secondary N) is 1. The summed E-state index contributed by atoms with van der Waals surface area (Å²) in [5.41, 5.74) is 7.30. The summed E-state index contributed by atoms with van der Waals surface area (Å²) in [5.74, 6) is -0.285. The molecule has 1 saturated heterocycles. The molecule has 1 heterocycles. The molecule has 0 aromatic heterocycles. The second-order valence-electron chi connectivity index (χ2n) is 6.52. The molecule has 0 unspecified atom stereocenters. The van der Waals surface area contributed by atoms with Gasteiger partial charge in [0, 0.05) is 19.6 Å². The van der Waals surface area contributed by atoms with E-state index in [4.69, 9.17) is 10.5 Å². The van der Waals surface area contributed by atoms with Crippen molar-refractivity contribution in [2.75, 3.05) is 26.3 Å². The predicted octanol–water partition coefficient (Wildman–Crippen LogP) is 0.448. The molecule has 1 amide bonds. The topological polar surface area (TPSA) is 102 Å². The van der Waals surface area contributed by atoms with Crippen LogP contribution in [0, 0.1) is 5.92 Å². The molecule has 1 fully saturated rings. The maximum Gasteiger partial charge on any atom is 0.237 e. The number of nitrogens with zero attached hydrogens (tertiary/aromatic N) is 1. The Balaban J connectivity index is 2.06. The zero-order chi connectivity index (χ0) is 18.4. The number of morpholine rings is 1. The predicted molar refractivity (Wildman–Crippen MR) is 96.1 cm³/mol. The minimum Gasteiger partial charge on any atom is -0.379 e. The number of hydrogen-bond donors (Lipinski definition) is 2. The van der Waals surface area contributed by atoms with Crippen LogP contribution in [0.1, 0.15) is 25.0 Å². The van der Waals surface area contributed by atoms with Crippen LogP contribution >= 0.6 is 0 Å². The summed E-state index contributed by atoms with van der Waals surface area (Å²) in [4.78, 5) is 12.0. The maximum absolute atomic E-state index is 12.6. The van der Waals surface area contributed by atoms with E-state index in [1.54, 1.807) is 12.1 Å². The van der Waals surface area contributed by atoms with Gasteiger partial charge in [-0.05, 0) is 17.0 Å². The number of sulfonamides is 1. The van der Waals surface area contributed by atoms with E-state index in [1.807, 2.05) is 26.0 Å². The lowest BCUT2D eigenvalue weighted by Gasteiger charge is -2.26. The average molecular weight is 369 g/mol. The molecule has 3 N–H and O–H groups in total. The van der Waals surface area contributed by atoms with E-state index in [9.17, 15) is 13.2 Å². The number of nitrogens with two attached hydrogens (primary N) is 1. The molecule has 25 heavy (non-hydrogen) atoms. The summed E-state index contributed by atoms with van der Waals surface area (Å²) < 4.78 is 31.9. The van der Waals surface area contributed by atoms with Gasteiger partial charge in [0.25, 0.3) is 0 Å². The first-order chi connectivity index (χ1) is 11.8. The van der Waals surface area contributed by atoms with Crippen molar-refractivity contribution in [2.24, 2.45) is 11.7 Å². The van der Waals surface area contributed by atoms with Crippen molar-refractivity contribution < 1.29 is 17.9 Å². The highest BCUT2D eigenvalue weighted by Crippen LogP contribution is 2.16. The van der Waals surface area contributed by atoms with Crippen molar-refractivity contribution in [3.8, 4) is 0 Å². The van der Waals surface area contributed by atoms with E-state index in [1.165, 1.54) is 4.31 Å². The van der Waals surface area contributed by atoms with Gasteiger partial charge < -0.3 is 15.8 Å². The van der Waals surface area contributed by atoms with Crippen LogP contribution in [0.3, 0.4) is 0 Å². The highest BCUT2D eigenvalue weighted by molar-refractivity contribution is 7.88. The van der Waals surface area contributed by atoms with Crippen molar-refractivity contribution in [1.82, 2.24) is 9.62 Å². The van der Waals surface area contributed by atoms with Crippen LogP contribution in [0.15, 0.2) is 24.3 Å². The first-order valence-electron chi connectivity index (χ1n) is 8.47. The van der Waals surface area contributed by atoms with Crippen molar-refractivity contribution in [3.63, 3.8) is 0 Å². The second-order valence-corrected chi connectivity index (χ2v) is 8.49. The SMILES string of the molecule is CC(C)[C@H](N)C(=O)NCc1ccccc1CS(=O)(=O)N1CCOCC1. The number of benzene rings is 1. The summed E-state index contributed by atoms with van der Waals surface area (Å²) in [7, 11) is -3.41. The van der Waals surface area contributed by atoms with Crippen LogP contribution in [0.2, 0.25) is 0 Å². The van der Waals surface area contributed by atoms with Crippen LogP contribution < -0.4 is 11.1 Å². The van der Waals surface area contributed by atoms with Gasteiger partial charge in [-0.25, -0.2) is 8.42 Å². The Morgan fingerprint density at radius 2 is 1.84 bits per heavy atom. The van der Waals surface area contributed by atoms with E-state index >= 15 is 0 Å². The van der Waals surface area contributed by atoms with Gasteiger partial charge in [0.15, 0.2) is 0 Å². The van der Waals surface area contributed by atoms with E-state index in [2.05, 4.69) is 5.32 Å². The molecule has 1 aromatic rings. The number of amides is 1. The van der Waals surface area contributed by atoms with Gasteiger partial charge in [0.2, 0.25) is 15.9 Å². The number of ether oxygens (including phenoxy) is 1. The zero-order valence-electron chi connectivity index (χ0n) is 14.8. The van der Waals surface area contributed by atoms with Crippen LogP contribution in [0.4, 0.5) is 0 Å². The fraction of sp³-hybridized carbons (Fsp3) is 0.588. The number of carbonyl (C=O) groups is 1. The molecule has 0 aliphatic carbocycles. The molecule has 8 heteroatoms. The van der Waals surface area contributed by atoms with Gasteiger partial charge >= 0.3 is 0 Å². The molecule has 0 bridgehead atoms. The molecule has 140 valence electrons. The van der Waals surface area contributed by atoms with Gasteiger partial charge in [-0.1, -0.05) is 38.1 Å². The smallest absolute Gasteiger partial charge is 0.237 e. The summed E-state index contributed by atoms with van der Waals surface area (Å²) in [6.07, 6.45) is 0. The summed E-state index contributed by atoms with van der Waals surface area (Å²) in [6.45, 7) is 5.62. The van der Waals surface area contributed by atoms with Gasteiger partial charge in [-0.15, -0.1) is 0 Å². The maximum atomic E-state index is 12.6. The molecule has 0 spiro atoms. The third-order valence-electron chi connectivity index (χ3n) is 4.29. The number of carbonyl (C=O) groups excluding carboxylic acids is 1. The van der Waals surface area contributed by atoms with Crippen LogP contribution in [-0.2, 0) is 31.9 Å². The van der Waals surface area contributed by atoms with Crippen molar-refractivity contribution in [1.29, 1.82) is 0 Å². The third kappa shape index (κ3) is 5.50. The highest BCUT2D eigenvalue weighted by Gasteiger charge is 2.25. The monoisotopic (exact) mass is 369 g/mol. The average Bonchev–Trinajstić information content (AvgIpc) is 2.60. The Labute approximate surface area is 149 Å². The van der Waals surface area contributed by atoms with Crippen LogP contribution in [-0.4, -0.2) is 51.0 Å². The zero-order valence-corrected chi connectivity index (χ0v) is 15.6. The van der Waals surface area contributed by atoms with Gasteiger partial charge in [0.1, 0.15) is 0 Å². The number of hydrogen-bond acceptors (Lipinski definition) is 5. The Morgan fingerprint density at radius 1 is 1.24 bits per heavy atom. The Kier molecular flexibility index (Phi) is 6.95. The molecule has 1 aliphatic rings. The van der Waals surface area contributed by atoms with Gasteiger partial charge in [-0.2, -0.15) is 4.31 Å². The molecule has 1 aliphatic heterocycles. The second kappa shape index (κ2) is 8.75. The standard InChI is InChI=1S/C17H27N3O4S/c1-13(2)16(18)17(21)19-11-14-5-3-4-6-15(14)12-25(22,23)20-7-9-24-10-8-20/h3-6,13,16H,7-12,18H2,1-2H3,(H,19,21)/t16-/m0/s1. The molecule has 0 radical (unpaired) electrons. The lowest BCUT2D eigenvalue weighted by molar-refractivity contribution is -0.123. The summed E-state index contributed by atoms with van der Waals surface area (Å²) in [5, 5.41) is 2.79. The summed E-state index contributed by atoms with van der Waals surface area (Å²) in [6, 6.07) is 6.65. The number of rotatable bonds is 7. The molecule has 1 aromatic carbocycles. The minimum atomic E-state index is -3.41. The molecule has 7 nitrogen and oxygen atoms in total. The van der Waals surface area contributed by atoms with E-state index < -0.39 is 16.1 Å². The van der Waals surface area contributed by atoms with E-state index in [0.717, 1.165) is 5.56 Å².